The van der Waals surface area contributed by atoms with Gasteiger partial charge in [0.2, 0.25) is 0 Å². The Morgan fingerprint density at radius 3 is 2.30 bits per heavy atom. The number of halogens is 5. The number of nitrogens with two attached hydrogens (primary N) is 1. The highest BCUT2D eigenvalue weighted by molar-refractivity contribution is 9.10. The molecule has 0 unspecified atom stereocenters. The maximum atomic E-state index is 12.2. The maximum absolute atomic E-state index is 12.2. The molecule has 0 fully saturated rings. The van der Waals surface area contributed by atoms with Crippen molar-refractivity contribution in [1.29, 1.82) is 0 Å². The normalized spacial score (nSPS) is 13.0. The summed E-state index contributed by atoms with van der Waals surface area (Å²) >= 11 is 3.17. The van der Waals surface area contributed by atoms with Crippen LogP contribution in [0.4, 0.5) is 13.2 Å². The summed E-state index contributed by atoms with van der Waals surface area (Å²) < 4.78 is 41.0. The van der Waals surface area contributed by atoms with E-state index in [9.17, 15) is 13.2 Å². The second kappa shape index (κ2) is 8.10. The minimum absolute atomic E-state index is 0. The van der Waals surface area contributed by atoms with Gasteiger partial charge in [-0.1, -0.05) is 29.8 Å². The second-order valence-corrected chi connectivity index (χ2v) is 5.76. The first-order chi connectivity index (χ1) is 8.67. The smallest absolute Gasteiger partial charge is 0.406 e. The fourth-order valence-corrected chi connectivity index (χ4v) is 2.16. The molecule has 0 aromatic heterocycles. The summed E-state index contributed by atoms with van der Waals surface area (Å²) in [5.74, 6) is 0.251. The van der Waals surface area contributed by atoms with Gasteiger partial charge in [0.05, 0.1) is 0 Å². The van der Waals surface area contributed by atoms with Crippen LogP contribution >= 0.6 is 28.3 Å². The number of ether oxygens (including phenoxy) is 1. The van der Waals surface area contributed by atoms with Crippen molar-refractivity contribution < 1.29 is 17.9 Å². The summed E-state index contributed by atoms with van der Waals surface area (Å²) in [7, 11) is 0. The van der Waals surface area contributed by atoms with Crippen LogP contribution in [0.15, 0.2) is 22.7 Å². The van der Waals surface area contributed by atoms with E-state index in [0.29, 0.717) is 16.0 Å². The highest BCUT2D eigenvalue weighted by Crippen LogP contribution is 2.30. The molecule has 1 rings (SSSR count). The average molecular weight is 377 g/mol. The van der Waals surface area contributed by atoms with E-state index in [1.807, 2.05) is 0 Å². The van der Waals surface area contributed by atoms with Crippen LogP contribution in [0.5, 0.6) is 5.75 Å². The lowest BCUT2D eigenvalue weighted by Gasteiger charge is -2.16. The van der Waals surface area contributed by atoms with E-state index >= 15 is 0 Å². The molecule has 7 heteroatoms. The van der Waals surface area contributed by atoms with Crippen molar-refractivity contribution in [1.82, 2.24) is 0 Å². The molecule has 0 aliphatic heterocycles. The molecule has 1 aromatic rings. The van der Waals surface area contributed by atoms with E-state index in [1.54, 1.807) is 6.07 Å². The second-order valence-electron chi connectivity index (χ2n) is 4.85. The summed E-state index contributed by atoms with van der Waals surface area (Å²) in [6.45, 7) is 4.15. The Labute approximate surface area is 131 Å². The molecule has 2 N–H and O–H groups in total. The van der Waals surface area contributed by atoms with E-state index in [1.165, 1.54) is 12.1 Å². The molecule has 0 spiro atoms. The fourth-order valence-electron chi connectivity index (χ4n) is 1.67. The number of hydrogen-bond acceptors (Lipinski definition) is 2. The first kappa shape index (κ1) is 19.5. The standard InChI is InChI=1S/C13H17BrF3NO.ClH/c1-8(2)3-4-12(18)9-5-10(14)7-11(6-9)19-13(15,16)17;/h5-8,12H,3-4,18H2,1-2H3;1H/t12-;/m1./s1. The molecule has 1 aromatic carbocycles. The maximum Gasteiger partial charge on any atom is 0.573 e. The molecule has 0 bridgehead atoms. The SMILES string of the molecule is CC(C)CC[C@@H](N)c1cc(Br)cc(OC(F)(F)F)c1.Cl. The Morgan fingerprint density at radius 2 is 1.80 bits per heavy atom. The van der Waals surface area contributed by atoms with Crippen molar-refractivity contribution >= 4 is 28.3 Å². The molecule has 0 aliphatic rings. The molecule has 0 aliphatic carbocycles. The lowest BCUT2D eigenvalue weighted by Crippen LogP contribution is -2.18. The summed E-state index contributed by atoms with van der Waals surface area (Å²) in [6.07, 6.45) is -3.05. The van der Waals surface area contributed by atoms with Crippen molar-refractivity contribution in [2.24, 2.45) is 11.7 Å². The van der Waals surface area contributed by atoms with E-state index in [2.05, 4.69) is 34.5 Å². The highest BCUT2D eigenvalue weighted by atomic mass is 79.9. The Morgan fingerprint density at radius 1 is 1.20 bits per heavy atom. The Balaban J connectivity index is 0.00000361. The molecule has 20 heavy (non-hydrogen) atoms. The fraction of sp³-hybridized carbons (Fsp3) is 0.538. The summed E-state index contributed by atoms with van der Waals surface area (Å²) in [4.78, 5) is 0. The first-order valence-electron chi connectivity index (χ1n) is 5.99. The molecule has 0 amide bonds. The minimum Gasteiger partial charge on any atom is -0.406 e. The van der Waals surface area contributed by atoms with Crippen molar-refractivity contribution in [3.63, 3.8) is 0 Å². The molecule has 0 saturated heterocycles. The van der Waals surface area contributed by atoms with E-state index in [0.717, 1.165) is 12.8 Å². The monoisotopic (exact) mass is 375 g/mol. The molecule has 116 valence electrons. The molecule has 2 nitrogen and oxygen atoms in total. The number of hydrogen-bond donors (Lipinski definition) is 1. The lowest BCUT2D eigenvalue weighted by atomic mass is 9.98. The van der Waals surface area contributed by atoms with Gasteiger partial charge in [0.25, 0.3) is 0 Å². The van der Waals surface area contributed by atoms with Crippen LogP contribution in [0, 0.1) is 5.92 Å². The molecule has 1 atom stereocenters. The zero-order chi connectivity index (χ0) is 14.6. The van der Waals surface area contributed by atoms with Gasteiger partial charge in [-0.15, -0.1) is 25.6 Å². The van der Waals surface area contributed by atoms with E-state index < -0.39 is 6.36 Å². The Kier molecular flexibility index (Phi) is 7.91. The largest absolute Gasteiger partial charge is 0.573 e. The lowest BCUT2D eigenvalue weighted by molar-refractivity contribution is -0.274. The van der Waals surface area contributed by atoms with Gasteiger partial charge in [-0.2, -0.15) is 0 Å². The third kappa shape index (κ3) is 7.36. The van der Waals surface area contributed by atoms with E-state index in [-0.39, 0.29) is 24.2 Å². The predicted molar refractivity (Wildman–Crippen MR) is 79.1 cm³/mol. The number of rotatable bonds is 5. The molecule has 0 radical (unpaired) electrons. The average Bonchev–Trinajstić information content (AvgIpc) is 2.22. The third-order valence-electron chi connectivity index (χ3n) is 2.61. The van der Waals surface area contributed by atoms with Crippen LogP contribution in [0.2, 0.25) is 0 Å². The molecule has 0 saturated carbocycles. The van der Waals surface area contributed by atoms with Gasteiger partial charge < -0.3 is 10.5 Å². The number of alkyl halides is 3. The van der Waals surface area contributed by atoms with Crippen LogP contribution in [-0.2, 0) is 0 Å². The Bertz CT molecular complexity index is 427. The Hall–Kier alpha value is -0.460. The van der Waals surface area contributed by atoms with Crippen molar-refractivity contribution in [2.45, 2.75) is 39.1 Å². The van der Waals surface area contributed by atoms with Gasteiger partial charge in [0.15, 0.2) is 0 Å². The van der Waals surface area contributed by atoms with Crippen LogP contribution in [-0.4, -0.2) is 6.36 Å². The van der Waals surface area contributed by atoms with Gasteiger partial charge in [0.1, 0.15) is 5.75 Å². The molecular weight excluding hydrogens is 358 g/mol. The van der Waals surface area contributed by atoms with E-state index in [4.69, 9.17) is 5.73 Å². The van der Waals surface area contributed by atoms with Gasteiger partial charge in [0, 0.05) is 10.5 Å². The van der Waals surface area contributed by atoms with Crippen LogP contribution < -0.4 is 10.5 Å². The zero-order valence-electron chi connectivity index (χ0n) is 11.2. The highest BCUT2D eigenvalue weighted by Gasteiger charge is 2.31. The summed E-state index contributed by atoms with van der Waals surface area (Å²) in [6, 6.07) is 4.03. The summed E-state index contributed by atoms with van der Waals surface area (Å²) in [5.41, 5.74) is 6.62. The van der Waals surface area contributed by atoms with Crippen molar-refractivity contribution in [2.75, 3.05) is 0 Å². The van der Waals surface area contributed by atoms with Gasteiger partial charge in [-0.3, -0.25) is 0 Å². The predicted octanol–water partition coefficient (Wildman–Crippen LogP) is 5.21. The quantitative estimate of drug-likeness (QED) is 0.766. The van der Waals surface area contributed by atoms with Gasteiger partial charge >= 0.3 is 6.36 Å². The molecular formula is C13H18BrClF3NO. The number of benzene rings is 1. The van der Waals surface area contributed by atoms with Crippen LogP contribution in [0.3, 0.4) is 0 Å². The topological polar surface area (TPSA) is 35.2 Å². The zero-order valence-corrected chi connectivity index (χ0v) is 13.6. The van der Waals surface area contributed by atoms with Crippen LogP contribution in [0.25, 0.3) is 0 Å². The summed E-state index contributed by atoms with van der Waals surface area (Å²) in [5, 5.41) is 0. The van der Waals surface area contributed by atoms with Gasteiger partial charge in [-0.05, 0) is 42.5 Å². The first-order valence-corrected chi connectivity index (χ1v) is 6.78. The van der Waals surface area contributed by atoms with Gasteiger partial charge in [-0.25, -0.2) is 0 Å². The van der Waals surface area contributed by atoms with Crippen molar-refractivity contribution in [3.8, 4) is 5.75 Å². The third-order valence-corrected chi connectivity index (χ3v) is 3.07. The van der Waals surface area contributed by atoms with Crippen molar-refractivity contribution in [3.05, 3.63) is 28.2 Å². The molecule has 0 heterocycles. The minimum atomic E-state index is -4.69. The van der Waals surface area contributed by atoms with Crippen LogP contribution in [0.1, 0.15) is 38.3 Å².